The van der Waals surface area contributed by atoms with Crippen LogP contribution in [0.4, 0.5) is 5.82 Å². The molecule has 1 fully saturated rings. The van der Waals surface area contributed by atoms with Crippen LogP contribution in [0.3, 0.4) is 0 Å². The van der Waals surface area contributed by atoms with Gasteiger partial charge in [-0.3, -0.25) is 0 Å². The molecule has 0 spiro atoms. The normalized spacial score (nSPS) is 19.7. The minimum absolute atomic E-state index is 0.137. The molecule has 2 N–H and O–H groups in total. The Morgan fingerprint density at radius 3 is 1.76 bits per heavy atom. The molecule has 1 saturated heterocycles. The molecule has 0 saturated carbocycles. The van der Waals surface area contributed by atoms with E-state index in [2.05, 4.69) is 10.1 Å². The van der Waals surface area contributed by atoms with Gasteiger partial charge in [-0.2, -0.15) is 14.8 Å². The lowest BCUT2D eigenvalue weighted by molar-refractivity contribution is -0.0698. The molecular weight excluding hydrogens is 532 g/mol. The van der Waals surface area contributed by atoms with E-state index in [9.17, 15) is 19.2 Å². The third-order valence-electron chi connectivity index (χ3n) is 6.16. The molecule has 4 atom stereocenters. The van der Waals surface area contributed by atoms with Crippen LogP contribution in [0.1, 0.15) is 37.3 Å². The van der Waals surface area contributed by atoms with Crippen LogP contribution < -0.4 is 11.4 Å². The summed E-state index contributed by atoms with van der Waals surface area (Å²) in [6.45, 7) is -0.409. The van der Waals surface area contributed by atoms with Crippen LogP contribution in [0.2, 0.25) is 0 Å². The van der Waals surface area contributed by atoms with Crippen LogP contribution in [-0.4, -0.2) is 57.6 Å². The van der Waals surface area contributed by atoms with E-state index in [1.165, 1.54) is 12.1 Å². The fourth-order valence-electron chi connectivity index (χ4n) is 4.19. The third kappa shape index (κ3) is 6.28. The monoisotopic (exact) mass is 556 g/mol. The molecule has 0 bridgehead atoms. The van der Waals surface area contributed by atoms with Crippen LogP contribution in [0.15, 0.2) is 102 Å². The number of nitrogens with zero attached hydrogens (tertiary/aromatic N) is 3. The van der Waals surface area contributed by atoms with E-state index < -0.39 is 54.7 Å². The quantitative estimate of drug-likeness (QED) is 0.251. The summed E-state index contributed by atoms with van der Waals surface area (Å²) in [7, 11) is 0. The van der Waals surface area contributed by atoms with Gasteiger partial charge in [-0.25, -0.2) is 19.2 Å². The van der Waals surface area contributed by atoms with Crippen LogP contribution in [-0.2, 0) is 18.9 Å². The molecule has 0 amide bonds. The minimum atomic E-state index is -1.41. The smallest absolute Gasteiger partial charge is 0.368 e. The van der Waals surface area contributed by atoms with Crippen molar-refractivity contribution >= 4 is 23.7 Å². The zero-order valence-corrected chi connectivity index (χ0v) is 21.4. The minimum Gasteiger partial charge on any atom is -0.459 e. The Morgan fingerprint density at radius 2 is 1.24 bits per heavy atom. The van der Waals surface area contributed by atoms with Gasteiger partial charge in [0, 0.05) is 0 Å². The second-order valence-electron chi connectivity index (χ2n) is 8.91. The Hall–Kier alpha value is -5.36. The van der Waals surface area contributed by atoms with Gasteiger partial charge >= 0.3 is 23.6 Å². The maximum absolute atomic E-state index is 13.1. The molecule has 3 aromatic carbocycles. The molecule has 0 aliphatic carbocycles. The highest BCUT2D eigenvalue weighted by Gasteiger charge is 2.52. The molecule has 4 aromatic rings. The fraction of sp³-hybridized carbons (Fsp3) is 0.172. The fourth-order valence-corrected chi connectivity index (χ4v) is 4.19. The summed E-state index contributed by atoms with van der Waals surface area (Å²) in [5.41, 5.74) is 5.41. The summed E-state index contributed by atoms with van der Waals surface area (Å²) in [5.74, 6) is -2.32. The third-order valence-corrected chi connectivity index (χ3v) is 6.16. The predicted molar refractivity (Wildman–Crippen MR) is 143 cm³/mol. The van der Waals surface area contributed by atoms with Gasteiger partial charge in [0.1, 0.15) is 18.5 Å². The Labute approximate surface area is 233 Å². The maximum atomic E-state index is 13.1. The van der Waals surface area contributed by atoms with Crippen molar-refractivity contribution in [1.82, 2.24) is 14.8 Å². The van der Waals surface area contributed by atoms with Crippen molar-refractivity contribution in [3.8, 4) is 0 Å². The number of aromatic nitrogens is 3. The number of benzene rings is 3. The molecule has 208 valence electrons. The van der Waals surface area contributed by atoms with Gasteiger partial charge in [0.2, 0.25) is 0 Å². The first-order chi connectivity index (χ1) is 19.9. The van der Waals surface area contributed by atoms with Crippen LogP contribution in [0.25, 0.3) is 0 Å². The molecule has 1 aliphatic rings. The number of anilines is 1. The zero-order chi connectivity index (χ0) is 28.8. The Kier molecular flexibility index (Phi) is 8.11. The zero-order valence-electron chi connectivity index (χ0n) is 21.4. The Bertz CT molecular complexity index is 1580. The highest BCUT2D eigenvalue weighted by molar-refractivity contribution is 5.91. The largest absolute Gasteiger partial charge is 0.459 e. The number of ether oxygens (including phenoxy) is 4. The van der Waals surface area contributed by atoms with E-state index in [4.69, 9.17) is 24.7 Å². The summed E-state index contributed by atoms with van der Waals surface area (Å²) in [5, 5.41) is 3.99. The number of nitrogen functional groups attached to an aromatic ring is 1. The molecule has 12 heteroatoms. The van der Waals surface area contributed by atoms with E-state index in [0.29, 0.717) is 0 Å². The Balaban J connectivity index is 1.49. The van der Waals surface area contributed by atoms with Crippen molar-refractivity contribution in [2.45, 2.75) is 24.5 Å². The van der Waals surface area contributed by atoms with E-state index in [1.54, 1.807) is 78.9 Å². The van der Waals surface area contributed by atoms with Gasteiger partial charge in [-0.1, -0.05) is 54.6 Å². The highest BCUT2D eigenvalue weighted by atomic mass is 16.7. The van der Waals surface area contributed by atoms with Crippen LogP contribution in [0, 0.1) is 0 Å². The van der Waals surface area contributed by atoms with Gasteiger partial charge in [0.15, 0.2) is 18.4 Å². The topological polar surface area (TPSA) is 162 Å². The van der Waals surface area contributed by atoms with Gasteiger partial charge in [0.05, 0.1) is 22.9 Å². The molecule has 0 unspecified atom stereocenters. The first-order valence-corrected chi connectivity index (χ1v) is 12.5. The second kappa shape index (κ2) is 12.2. The molecule has 1 aliphatic heterocycles. The SMILES string of the molecule is Nc1cnn([C@@H]2O[C@@H](COC(=O)c3ccccc3)[C@H](OC(=O)c3ccccc3)[C@@H]2OC(=O)c2ccccc2)c(=O)n1. The molecule has 2 heterocycles. The van der Waals surface area contributed by atoms with Crippen molar-refractivity contribution < 1.29 is 33.3 Å². The lowest BCUT2D eigenvalue weighted by Gasteiger charge is -2.24. The number of carbonyl (C=O) groups is 3. The van der Waals surface area contributed by atoms with Crippen molar-refractivity contribution in [1.29, 1.82) is 0 Å². The van der Waals surface area contributed by atoms with E-state index in [0.717, 1.165) is 10.9 Å². The van der Waals surface area contributed by atoms with Gasteiger partial charge in [-0.15, -0.1) is 0 Å². The van der Waals surface area contributed by atoms with Crippen molar-refractivity contribution in [3.63, 3.8) is 0 Å². The van der Waals surface area contributed by atoms with Crippen LogP contribution in [0.5, 0.6) is 0 Å². The van der Waals surface area contributed by atoms with Crippen molar-refractivity contribution in [3.05, 3.63) is 124 Å². The Morgan fingerprint density at radius 1 is 0.756 bits per heavy atom. The number of rotatable bonds is 8. The maximum Gasteiger partial charge on any atom is 0.368 e. The molecule has 12 nitrogen and oxygen atoms in total. The van der Waals surface area contributed by atoms with E-state index >= 15 is 0 Å². The second-order valence-corrected chi connectivity index (χ2v) is 8.91. The van der Waals surface area contributed by atoms with Gasteiger partial charge < -0.3 is 24.7 Å². The standard InChI is InChI=1S/C29H24N4O8/c30-22-16-31-33(29(37)32-22)25-24(41-28(36)20-14-8-3-9-15-20)23(40-27(35)19-12-6-2-7-13-19)21(39-25)17-38-26(34)18-10-4-1-5-11-18/h1-16,21,23-25H,17H2,(H2,30,32,37)/t21-,23-,24-,25+/m0/s1. The number of hydrogen-bond donors (Lipinski definition) is 1. The predicted octanol–water partition coefficient (Wildman–Crippen LogP) is 2.43. The summed E-state index contributed by atoms with van der Waals surface area (Å²) in [6.07, 6.45) is -4.17. The molecule has 1 aromatic heterocycles. The first kappa shape index (κ1) is 27.2. The highest BCUT2D eigenvalue weighted by Crippen LogP contribution is 2.34. The van der Waals surface area contributed by atoms with Crippen molar-refractivity contribution in [2.75, 3.05) is 12.3 Å². The lowest BCUT2D eigenvalue weighted by atomic mass is 10.1. The van der Waals surface area contributed by atoms with Gasteiger partial charge in [-0.05, 0) is 36.4 Å². The molecule has 5 rings (SSSR count). The molecular formula is C29H24N4O8. The average Bonchev–Trinajstić information content (AvgIpc) is 3.33. The van der Waals surface area contributed by atoms with E-state index in [1.807, 2.05) is 0 Å². The summed E-state index contributed by atoms with van der Waals surface area (Å²) < 4.78 is 23.9. The summed E-state index contributed by atoms with van der Waals surface area (Å²) >= 11 is 0. The average molecular weight is 557 g/mol. The number of esters is 3. The number of carbonyl (C=O) groups excluding carboxylic acids is 3. The molecule has 0 radical (unpaired) electrons. The van der Waals surface area contributed by atoms with E-state index in [-0.39, 0.29) is 22.5 Å². The van der Waals surface area contributed by atoms with Crippen LogP contribution >= 0.6 is 0 Å². The molecule has 41 heavy (non-hydrogen) atoms. The van der Waals surface area contributed by atoms with Gasteiger partial charge in [0.25, 0.3) is 0 Å². The first-order valence-electron chi connectivity index (χ1n) is 12.5. The number of nitrogens with two attached hydrogens (primary N) is 1. The number of hydrogen-bond acceptors (Lipinski definition) is 11. The lowest BCUT2D eigenvalue weighted by Crippen LogP contribution is -2.43. The summed E-state index contributed by atoms with van der Waals surface area (Å²) in [4.78, 5) is 55.3. The van der Waals surface area contributed by atoms with Crippen molar-refractivity contribution in [2.24, 2.45) is 0 Å². The summed E-state index contributed by atoms with van der Waals surface area (Å²) in [6, 6.07) is 24.4.